The van der Waals surface area contributed by atoms with E-state index in [4.69, 9.17) is 0 Å². The van der Waals surface area contributed by atoms with Crippen LogP contribution in [0.15, 0.2) is 24.3 Å². The molecule has 3 rings (SSSR count). The fourth-order valence-corrected chi connectivity index (χ4v) is 5.55. The van der Waals surface area contributed by atoms with Crippen molar-refractivity contribution in [1.29, 1.82) is 0 Å². The highest BCUT2D eigenvalue weighted by atomic mass is 14.3. The van der Waals surface area contributed by atoms with Crippen molar-refractivity contribution in [3.63, 3.8) is 0 Å². The van der Waals surface area contributed by atoms with Crippen molar-refractivity contribution in [3.8, 4) is 11.1 Å². The van der Waals surface area contributed by atoms with Gasteiger partial charge in [0, 0.05) is 0 Å². The number of hydrogen-bond acceptors (Lipinski definition) is 0. The van der Waals surface area contributed by atoms with E-state index in [9.17, 15) is 0 Å². The highest BCUT2D eigenvalue weighted by Gasteiger charge is 2.23. The van der Waals surface area contributed by atoms with E-state index < -0.39 is 0 Å². The van der Waals surface area contributed by atoms with E-state index in [1.807, 2.05) is 0 Å². The van der Waals surface area contributed by atoms with Gasteiger partial charge in [-0.05, 0) is 115 Å². The largest absolute Gasteiger partial charge is 0.0628 e. The van der Waals surface area contributed by atoms with Gasteiger partial charge in [0.25, 0.3) is 0 Å². The van der Waals surface area contributed by atoms with Crippen molar-refractivity contribution >= 4 is 0 Å². The summed E-state index contributed by atoms with van der Waals surface area (Å²) >= 11 is 0. The molecule has 1 aliphatic carbocycles. The number of hydrogen-bond donors (Lipinski definition) is 0. The molecule has 1 atom stereocenters. The molecule has 30 heavy (non-hydrogen) atoms. The predicted molar refractivity (Wildman–Crippen MR) is 134 cm³/mol. The van der Waals surface area contributed by atoms with Gasteiger partial charge in [0.15, 0.2) is 0 Å². The Morgan fingerprint density at radius 1 is 0.700 bits per heavy atom. The SMILES string of the molecule is Cc1c(-c2ccc(C3CCC(C)CC3)c(C)c2C)ccc(C(C)CCC(C)C)c1C. The first-order valence-corrected chi connectivity index (χ1v) is 12.4. The molecule has 0 aromatic heterocycles. The molecule has 0 spiro atoms. The summed E-state index contributed by atoms with van der Waals surface area (Å²) in [5.74, 6) is 3.10. The van der Waals surface area contributed by atoms with Crippen LogP contribution in [0.5, 0.6) is 0 Å². The monoisotopic (exact) mass is 404 g/mol. The van der Waals surface area contributed by atoms with E-state index >= 15 is 0 Å². The molecule has 0 saturated heterocycles. The molecular weight excluding hydrogens is 360 g/mol. The molecule has 0 N–H and O–H groups in total. The lowest BCUT2D eigenvalue weighted by Crippen LogP contribution is -2.12. The van der Waals surface area contributed by atoms with Crippen LogP contribution in [0.2, 0.25) is 0 Å². The molecule has 0 radical (unpaired) electrons. The minimum absolute atomic E-state index is 0.638. The van der Waals surface area contributed by atoms with Gasteiger partial charge in [0.1, 0.15) is 0 Å². The maximum Gasteiger partial charge on any atom is -0.0149 e. The molecule has 164 valence electrons. The lowest BCUT2D eigenvalue weighted by molar-refractivity contribution is 0.347. The minimum Gasteiger partial charge on any atom is -0.0628 e. The van der Waals surface area contributed by atoms with E-state index in [1.165, 1.54) is 71.9 Å². The zero-order valence-corrected chi connectivity index (χ0v) is 20.9. The Bertz CT molecular complexity index is 862. The fourth-order valence-electron chi connectivity index (χ4n) is 5.55. The van der Waals surface area contributed by atoms with Gasteiger partial charge in [0.05, 0.1) is 0 Å². The average Bonchev–Trinajstić information content (AvgIpc) is 2.71. The van der Waals surface area contributed by atoms with Crippen LogP contribution < -0.4 is 0 Å². The Hall–Kier alpha value is -1.56. The van der Waals surface area contributed by atoms with Gasteiger partial charge in [0.2, 0.25) is 0 Å². The van der Waals surface area contributed by atoms with Crippen LogP contribution in [0.25, 0.3) is 11.1 Å². The van der Waals surface area contributed by atoms with Crippen LogP contribution in [0.3, 0.4) is 0 Å². The van der Waals surface area contributed by atoms with Gasteiger partial charge in [-0.3, -0.25) is 0 Å². The van der Waals surface area contributed by atoms with Gasteiger partial charge in [-0.2, -0.15) is 0 Å². The van der Waals surface area contributed by atoms with E-state index in [1.54, 1.807) is 11.1 Å². The molecule has 1 fully saturated rings. The van der Waals surface area contributed by atoms with Gasteiger partial charge >= 0.3 is 0 Å². The maximum absolute atomic E-state index is 2.45. The second-order valence-corrected chi connectivity index (χ2v) is 10.7. The van der Waals surface area contributed by atoms with Gasteiger partial charge in [-0.1, -0.05) is 71.2 Å². The Kier molecular flexibility index (Phi) is 7.48. The van der Waals surface area contributed by atoms with Crippen molar-refractivity contribution in [3.05, 3.63) is 57.6 Å². The van der Waals surface area contributed by atoms with Crippen molar-refractivity contribution in [2.75, 3.05) is 0 Å². The van der Waals surface area contributed by atoms with E-state index in [0.29, 0.717) is 5.92 Å². The third-order valence-electron chi connectivity index (χ3n) is 8.11. The van der Waals surface area contributed by atoms with Gasteiger partial charge in [-0.25, -0.2) is 0 Å². The van der Waals surface area contributed by atoms with Gasteiger partial charge < -0.3 is 0 Å². The molecule has 2 aromatic rings. The topological polar surface area (TPSA) is 0 Å². The fraction of sp³-hybridized carbons (Fsp3) is 0.600. The molecule has 2 aromatic carbocycles. The molecule has 0 nitrogen and oxygen atoms in total. The highest BCUT2D eigenvalue weighted by Crippen LogP contribution is 2.40. The zero-order valence-electron chi connectivity index (χ0n) is 20.9. The zero-order chi connectivity index (χ0) is 22.0. The Balaban J connectivity index is 1.90. The lowest BCUT2D eigenvalue weighted by Gasteiger charge is -2.29. The Labute approximate surface area is 186 Å². The first-order valence-electron chi connectivity index (χ1n) is 12.4. The predicted octanol–water partition coefficient (Wildman–Crippen LogP) is 9.42. The summed E-state index contributed by atoms with van der Waals surface area (Å²) < 4.78 is 0. The second kappa shape index (κ2) is 9.71. The molecule has 0 heterocycles. The third kappa shape index (κ3) is 4.84. The molecule has 0 bridgehead atoms. The molecule has 0 heteroatoms. The molecule has 1 aliphatic rings. The summed E-state index contributed by atoms with van der Waals surface area (Å²) in [5, 5.41) is 0. The van der Waals surface area contributed by atoms with Crippen molar-refractivity contribution in [1.82, 2.24) is 0 Å². The summed E-state index contributed by atoms with van der Waals surface area (Å²) in [6.45, 7) is 18.8. The summed E-state index contributed by atoms with van der Waals surface area (Å²) in [6.07, 6.45) is 8.09. The first kappa shape index (κ1) is 23.1. The van der Waals surface area contributed by atoms with Crippen molar-refractivity contribution in [2.24, 2.45) is 11.8 Å². The minimum atomic E-state index is 0.638. The maximum atomic E-state index is 2.45. The average molecular weight is 405 g/mol. The van der Waals surface area contributed by atoms with Crippen LogP contribution in [0.4, 0.5) is 0 Å². The molecule has 1 saturated carbocycles. The summed E-state index contributed by atoms with van der Waals surface area (Å²) in [5.41, 5.74) is 12.0. The molecule has 1 unspecified atom stereocenters. The molecular formula is C30H44. The summed E-state index contributed by atoms with van der Waals surface area (Å²) in [4.78, 5) is 0. The summed E-state index contributed by atoms with van der Waals surface area (Å²) in [7, 11) is 0. The molecule has 0 amide bonds. The lowest BCUT2D eigenvalue weighted by atomic mass is 9.76. The van der Waals surface area contributed by atoms with E-state index in [0.717, 1.165) is 17.8 Å². The number of rotatable bonds is 6. The second-order valence-electron chi connectivity index (χ2n) is 10.7. The third-order valence-corrected chi connectivity index (χ3v) is 8.11. The van der Waals surface area contributed by atoms with Gasteiger partial charge in [-0.15, -0.1) is 0 Å². The summed E-state index contributed by atoms with van der Waals surface area (Å²) in [6, 6.07) is 9.67. The van der Waals surface area contributed by atoms with Crippen molar-refractivity contribution in [2.45, 2.75) is 106 Å². The van der Waals surface area contributed by atoms with Crippen molar-refractivity contribution < 1.29 is 0 Å². The smallest absolute Gasteiger partial charge is 0.0149 e. The van der Waals surface area contributed by atoms with Crippen LogP contribution in [0, 0.1) is 39.5 Å². The van der Waals surface area contributed by atoms with Crippen LogP contribution in [-0.4, -0.2) is 0 Å². The number of benzene rings is 2. The Morgan fingerprint density at radius 3 is 1.87 bits per heavy atom. The molecule has 0 aliphatic heterocycles. The highest BCUT2D eigenvalue weighted by molar-refractivity contribution is 5.74. The first-order chi connectivity index (χ1) is 14.2. The Morgan fingerprint density at radius 2 is 1.27 bits per heavy atom. The standard InChI is InChI=1S/C30H44/c1-19(2)9-12-21(4)27-15-17-29(24(7)22(27)5)30-18-16-28(23(6)25(30)8)26-13-10-20(3)11-14-26/h15-21,26H,9-14H2,1-8H3. The van der Waals surface area contributed by atoms with E-state index in [2.05, 4.69) is 79.7 Å². The van der Waals surface area contributed by atoms with E-state index in [-0.39, 0.29) is 0 Å². The van der Waals surface area contributed by atoms with Crippen LogP contribution in [-0.2, 0) is 0 Å². The van der Waals surface area contributed by atoms with Crippen LogP contribution >= 0.6 is 0 Å². The van der Waals surface area contributed by atoms with Crippen LogP contribution in [0.1, 0.15) is 111 Å². The normalized spacial score (nSPS) is 20.6. The quantitative estimate of drug-likeness (QED) is 0.449.